The van der Waals surface area contributed by atoms with Gasteiger partial charge in [0.25, 0.3) is 16.7 Å². The number of nitrogens with one attached hydrogen (secondary N) is 2. The second-order valence-corrected chi connectivity index (χ2v) is 26.7. The molecule has 0 aliphatic carbocycles. The summed E-state index contributed by atoms with van der Waals surface area (Å²) in [5.41, 5.74) is 10.0. The van der Waals surface area contributed by atoms with E-state index in [1.807, 2.05) is 98.8 Å². The van der Waals surface area contributed by atoms with Crippen LogP contribution >= 0.6 is 57.4 Å². The number of aryl methyl sites for hydroxylation is 3. The molecule has 1 aliphatic heterocycles. The predicted molar refractivity (Wildman–Crippen MR) is 396 cm³/mol. The number of nitrogens with two attached hydrogens (primary N) is 1. The SMILES string of the molecule is COc1cccc(-c2c(C)n(Cc3c(C)cccc3F)c(=O)[nH]c2=O)c1Cl.COc1cccc(-c2c(C)n(Cc3c(C)cccc3F)c(=O)n(C[C@H](N)c3ccccc3)c2=O)c1Cl.COc1cccc(B2OC(C)(C)C(C)(C)O2)c1Cl.Cc1cccc(F)c1Cn1c(C)c(I)c(=O)[nH]c1=O. The maximum absolute atomic E-state index is 14.8. The number of benzene rings is 7. The third kappa shape index (κ3) is 16.7. The first kappa shape index (κ1) is 77.1. The maximum atomic E-state index is 14.8. The number of nitrogens with zero attached hydrogens (tertiary/aromatic N) is 4. The lowest BCUT2D eigenvalue weighted by Gasteiger charge is -2.32. The van der Waals surface area contributed by atoms with Gasteiger partial charge in [0, 0.05) is 56.4 Å². The number of hydrogen-bond donors (Lipinski definition) is 3. The standard InChI is InChI=1S/C28H27ClFN3O3.C20H18ClFN2O3.C13H18BClO3.C13H12FIN2O2/c1-17-9-7-13-22(30)21(17)15-32-18(2)25(20-12-8-14-24(36-3)26(20)29)27(34)33(28(32)35)16-23(31)19-10-5-4-6-11-19;1-11-6-4-8-15(22)14(11)10-24-12(2)17(19(25)23-20(24)26)13-7-5-9-16(27-3)18(13)21;1-12(2)13(3,4)18-14(17-12)9-7-6-8-10(16-5)11(9)15;1-7-4-3-5-10(14)9(7)6-17-8(2)11(15)12(18)16-13(17)19/h4-14,23H,15-16,31H2,1-3H3;4-9H,10H2,1-3H3,(H,23,25,26);6-8H,1-5H3;3-5H,6H2,1-2H3,(H,16,18,19)/t23-;;;/m0.../s1. The summed E-state index contributed by atoms with van der Waals surface area (Å²) in [4.78, 5) is 80.2. The molecule has 7 aromatic carbocycles. The van der Waals surface area contributed by atoms with Crippen LogP contribution in [0.4, 0.5) is 13.2 Å². The summed E-state index contributed by atoms with van der Waals surface area (Å²) in [6.45, 7) is 18.3. The molecule has 3 aromatic heterocycles. The highest BCUT2D eigenvalue weighted by Crippen LogP contribution is 2.39. The van der Waals surface area contributed by atoms with Crippen molar-refractivity contribution >= 4 is 70.0 Å². The quantitative estimate of drug-likeness (QED) is 0.0644. The Morgan fingerprint density at radius 2 is 0.890 bits per heavy atom. The van der Waals surface area contributed by atoms with Crippen LogP contribution in [-0.2, 0) is 35.5 Å². The molecule has 1 atom stereocenters. The van der Waals surface area contributed by atoms with E-state index in [9.17, 15) is 41.9 Å². The predicted octanol–water partition coefficient (Wildman–Crippen LogP) is 13.1. The van der Waals surface area contributed by atoms with Crippen molar-refractivity contribution in [3.63, 3.8) is 0 Å². The van der Waals surface area contributed by atoms with Crippen molar-refractivity contribution in [2.24, 2.45) is 5.73 Å². The zero-order valence-electron chi connectivity index (χ0n) is 57.3. The summed E-state index contributed by atoms with van der Waals surface area (Å²) in [6, 6.07) is 38.6. The molecule has 4 N–H and O–H groups in total. The summed E-state index contributed by atoms with van der Waals surface area (Å²) >= 11 is 21.1. The van der Waals surface area contributed by atoms with Gasteiger partial charge in [-0.2, -0.15) is 0 Å². The first-order chi connectivity index (χ1) is 47.3. The first-order valence-electron chi connectivity index (χ1n) is 31.3. The van der Waals surface area contributed by atoms with Gasteiger partial charge >= 0.3 is 24.2 Å². The lowest BCUT2D eigenvalue weighted by molar-refractivity contribution is 0.00578. The molecular weight excluding hydrogens is 1460 g/mol. The van der Waals surface area contributed by atoms with Crippen LogP contribution in [-0.4, -0.2) is 67.9 Å². The lowest BCUT2D eigenvalue weighted by atomic mass is 9.79. The summed E-state index contributed by atoms with van der Waals surface area (Å²) in [5.74, 6) is 0.240. The molecule has 1 aliphatic rings. The second kappa shape index (κ2) is 32.8. The molecule has 0 spiro atoms. The molecule has 524 valence electrons. The number of ether oxygens (including phenoxy) is 3. The molecule has 18 nitrogen and oxygen atoms in total. The minimum atomic E-state index is -0.614. The van der Waals surface area contributed by atoms with Gasteiger partial charge in [-0.15, -0.1) is 0 Å². The molecule has 0 radical (unpaired) electrons. The van der Waals surface area contributed by atoms with E-state index in [1.54, 1.807) is 121 Å². The van der Waals surface area contributed by atoms with Gasteiger partial charge in [-0.3, -0.25) is 42.6 Å². The molecule has 1 fully saturated rings. The molecule has 26 heteroatoms. The van der Waals surface area contributed by atoms with E-state index in [0.717, 1.165) is 21.2 Å². The highest BCUT2D eigenvalue weighted by Gasteiger charge is 2.52. The molecule has 10 aromatic rings. The van der Waals surface area contributed by atoms with Crippen molar-refractivity contribution in [1.29, 1.82) is 0 Å². The fourth-order valence-corrected chi connectivity index (χ4v) is 12.4. The highest BCUT2D eigenvalue weighted by molar-refractivity contribution is 14.1. The zero-order valence-corrected chi connectivity index (χ0v) is 61.7. The number of H-pyrrole nitrogens is 2. The normalized spacial score (nSPS) is 13.1. The fourth-order valence-electron chi connectivity index (χ4n) is 11.1. The molecule has 4 heterocycles. The summed E-state index contributed by atoms with van der Waals surface area (Å²) in [5, 5.41) is 1.05. The van der Waals surface area contributed by atoms with E-state index in [2.05, 4.69) is 9.97 Å². The minimum absolute atomic E-state index is 0.00542. The van der Waals surface area contributed by atoms with E-state index >= 15 is 0 Å². The Balaban J connectivity index is 0.000000177. The Morgan fingerprint density at radius 3 is 1.34 bits per heavy atom. The van der Waals surface area contributed by atoms with Crippen LogP contribution in [0.5, 0.6) is 17.2 Å². The molecule has 0 saturated carbocycles. The number of rotatable bonds is 15. The Kier molecular flexibility index (Phi) is 25.2. The summed E-state index contributed by atoms with van der Waals surface area (Å²) < 4.78 is 76.1. The van der Waals surface area contributed by atoms with Crippen molar-refractivity contribution in [2.75, 3.05) is 21.3 Å². The van der Waals surface area contributed by atoms with Crippen molar-refractivity contribution in [1.82, 2.24) is 28.2 Å². The van der Waals surface area contributed by atoms with Gasteiger partial charge in [-0.05, 0) is 150 Å². The van der Waals surface area contributed by atoms with E-state index in [4.69, 9.17) is 64.1 Å². The van der Waals surface area contributed by atoms with E-state index in [-0.39, 0.29) is 64.4 Å². The van der Waals surface area contributed by atoms with Gasteiger partial charge in [-0.25, -0.2) is 27.6 Å². The number of halogens is 7. The van der Waals surface area contributed by atoms with Gasteiger partial charge < -0.3 is 29.3 Å². The average Bonchev–Trinajstić information content (AvgIpc) is 0.860. The second-order valence-electron chi connectivity index (χ2n) is 24.5. The molecule has 100 heavy (non-hydrogen) atoms. The first-order valence-corrected chi connectivity index (χ1v) is 33.5. The van der Waals surface area contributed by atoms with E-state index < -0.39 is 58.5 Å². The van der Waals surface area contributed by atoms with Crippen LogP contribution in [0.1, 0.15) is 89.8 Å². The summed E-state index contributed by atoms with van der Waals surface area (Å²) in [6.07, 6.45) is 0. The number of hydrogen-bond acceptors (Lipinski definition) is 12. The van der Waals surface area contributed by atoms with Gasteiger partial charge in [0.1, 0.15) is 34.7 Å². The zero-order chi connectivity index (χ0) is 73.4. The maximum Gasteiger partial charge on any atom is 0.496 e. The van der Waals surface area contributed by atoms with Gasteiger partial charge in [0.15, 0.2) is 0 Å². The molecule has 0 bridgehead atoms. The largest absolute Gasteiger partial charge is 0.496 e. The molecule has 1 saturated heterocycles. The number of aromatic amines is 2. The van der Waals surface area contributed by atoms with E-state index in [1.165, 1.54) is 46.1 Å². The third-order valence-electron chi connectivity index (χ3n) is 17.8. The molecule has 0 amide bonds. The monoisotopic (exact) mass is 1540 g/mol. The topological polar surface area (TPSA) is 226 Å². The Morgan fingerprint density at radius 1 is 0.500 bits per heavy atom. The Hall–Kier alpha value is -8.69. The molecular formula is C74H75BCl3F3IN7O11. The van der Waals surface area contributed by atoms with Crippen LogP contribution in [0, 0.1) is 62.6 Å². The number of methoxy groups -OCH3 is 3. The smallest absolute Gasteiger partial charge is 0.495 e. The van der Waals surface area contributed by atoms with Crippen LogP contribution in [0.2, 0.25) is 15.1 Å². The van der Waals surface area contributed by atoms with Gasteiger partial charge in [0.05, 0.1) is 88.5 Å². The summed E-state index contributed by atoms with van der Waals surface area (Å²) in [7, 11) is 4.09. The van der Waals surface area contributed by atoms with E-state index in [0.29, 0.717) is 81.9 Å². The van der Waals surface area contributed by atoms with Crippen molar-refractivity contribution in [3.05, 3.63) is 294 Å². The van der Waals surface area contributed by atoms with Crippen molar-refractivity contribution < 1.29 is 36.7 Å². The Labute approximate surface area is 604 Å². The van der Waals surface area contributed by atoms with Crippen molar-refractivity contribution in [2.45, 2.75) is 113 Å². The third-order valence-corrected chi connectivity index (χ3v) is 20.2. The Bertz CT molecular complexity index is 5000. The van der Waals surface area contributed by atoms with Gasteiger partial charge in [0.2, 0.25) is 0 Å². The van der Waals surface area contributed by atoms with Crippen LogP contribution < -0.4 is 59.2 Å². The van der Waals surface area contributed by atoms with Crippen molar-refractivity contribution in [3.8, 4) is 39.5 Å². The molecule has 0 unspecified atom stereocenters. The number of aromatic nitrogens is 6. The van der Waals surface area contributed by atoms with Gasteiger partial charge in [-0.1, -0.05) is 138 Å². The van der Waals surface area contributed by atoms with Crippen LogP contribution in [0.3, 0.4) is 0 Å². The minimum Gasteiger partial charge on any atom is -0.495 e. The highest BCUT2D eigenvalue weighted by atomic mass is 127. The molecule has 11 rings (SSSR count). The average molecular weight is 1540 g/mol. The van der Waals surface area contributed by atoms with Crippen LogP contribution in [0.25, 0.3) is 22.3 Å². The lowest BCUT2D eigenvalue weighted by Crippen LogP contribution is -2.44. The van der Waals surface area contributed by atoms with Crippen LogP contribution in [0.15, 0.2) is 168 Å². The fraction of sp³-hybridized carbons (Fsp3) is 0.270.